The Bertz CT molecular complexity index is 445. The zero-order valence-electron chi connectivity index (χ0n) is 11.7. The SMILES string of the molecule is CC(C)C(N=C1NC2(CCCC2)CS1)c1cccs1. The van der Waals surface area contributed by atoms with Crippen LogP contribution in [-0.4, -0.2) is 16.5 Å². The van der Waals surface area contributed by atoms with Crippen LogP contribution in [0.25, 0.3) is 0 Å². The van der Waals surface area contributed by atoms with Crippen molar-refractivity contribution in [2.75, 3.05) is 5.75 Å². The molecule has 104 valence electrons. The molecule has 3 rings (SSSR count). The molecule has 2 aliphatic rings. The molecule has 1 aromatic rings. The standard InChI is InChI=1S/C15H22N2S2/c1-11(2)13(12-6-5-9-18-12)16-14-17-15(10-19-14)7-3-4-8-15/h5-6,9,11,13H,3-4,7-8,10H2,1-2H3,(H,16,17). The molecule has 1 aliphatic carbocycles. The fourth-order valence-corrected chi connectivity index (χ4v) is 5.21. The molecular weight excluding hydrogens is 272 g/mol. The van der Waals surface area contributed by atoms with E-state index in [0.717, 1.165) is 0 Å². The number of nitrogens with zero attached hydrogens (tertiary/aromatic N) is 1. The van der Waals surface area contributed by atoms with Gasteiger partial charge in [0.15, 0.2) is 5.17 Å². The van der Waals surface area contributed by atoms with Crippen LogP contribution in [0.15, 0.2) is 22.5 Å². The zero-order valence-corrected chi connectivity index (χ0v) is 13.3. The van der Waals surface area contributed by atoms with E-state index in [-0.39, 0.29) is 0 Å². The largest absolute Gasteiger partial charge is 0.359 e. The van der Waals surface area contributed by atoms with Gasteiger partial charge in [-0.05, 0) is 30.2 Å². The van der Waals surface area contributed by atoms with E-state index in [9.17, 15) is 0 Å². The van der Waals surface area contributed by atoms with E-state index >= 15 is 0 Å². The molecule has 1 N–H and O–H groups in total. The summed E-state index contributed by atoms with van der Waals surface area (Å²) in [4.78, 5) is 6.40. The Labute approximate surface area is 124 Å². The average molecular weight is 294 g/mol. The lowest BCUT2D eigenvalue weighted by molar-refractivity contribution is 0.449. The van der Waals surface area contributed by atoms with Crippen LogP contribution in [0, 0.1) is 5.92 Å². The number of nitrogens with one attached hydrogen (secondary N) is 1. The molecule has 1 spiro atoms. The van der Waals surface area contributed by atoms with Crippen LogP contribution < -0.4 is 5.32 Å². The van der Waals surface area contributed by atoms with Crippen molar-refractivity contribution in [2.24, 2.45) is 10.9 Å². The molecule has 0 bridgehead atoms. The molecule has 1 saturated carbocycles. The molecule has 2 nitrogen and oxygen atoms in total. The first kappa shape index (κ1) is 13.5. The smallest absolute Gasteiger partial charge is 0.157 e. The monoisotopic (exact) mass is 294 g/mol. The summed E-state index contributed by atoms with van der Waals surface area (Å²) in [5.74, 6) is 1.76. The maximum absolute atomic E-state index is 5.02. The van der Waals surface area contributed by atoms with Gasteiger partial charge >= 0.3 is 0 Å². The third-order valence-electron chi connectivity index (χ3n) is 4.14. The summed E-state index contributed by atoms with van der Waals surface area (Å²) in [6.45, 7) is 4.53. The molecule has 1 aliphatic heterocycles. The Morgan fingerprint density at radius 1 is 1.32 bits per heavy atom. The summed E-state index contributed by atoms with van der Waals surface area (Å²) in [7, 11) is 0. The number of rotatable bonds is 3. The highest BCUT2D eigenvalue weighted by Crippen LogP contribution is 2.39. The van der Waals surface area contributed by atoms with Gasteiger partial charge in [-0.3, -0.25) is 4.99 Å². The molecule has 2 heterocycles. The van der Waals surface area contributed by atoms with Gasteiger partial charge in [-0.1, -0.05) is 44.5 Å². The minimum Gasteiger partial charge on any atom is -0.359 e. The Hall–Kier alpha value is -0.480. The van der Waals surface area contributed by atoms with Crippen LogP contribution in [0.4, 0.5) is 0 Å². The summed E-state index contributed by atoms with van der Waals surface area (Å²) in [5, 5.41) is 7.06. The lowest BCUT2D eigenvalue weighted by Crippen LogP contribution is -2.40. The normalized spacial score (nSPS) is 25.3. The van der Waals surface area contributed by atoms with Gasteiger partial charge in [0.25, 0.3) is 0 Å². The Morgan fingerprint density at radius 3 is 2.74 bits per heavy atom. The Balaban J connectivity index is 1.76. The highest BCUT2D eigenvalue weighted by atomic mass is 32.2. The lowest BCUT2D eigenvalue weighted by atomic mass is 10.0. The second-order valence-corrected chi connectivity index (χ2v) is 7.98. The zero-order chi connectivity index (χ0) is 13.3. The van der Waals surface area contributed by atoms with E-state index in [0.29, 0.717) is 17.5 Å². The second-order valence-electron chi connectivity index (χ2n) is 6.04. The van der Waals surface area contributed by atoms with Crippen molar-refractivity contribution in [1.29, 1.82) is 0 Å². The minimum absolute atomic E-state index is 0.312. The van der Waals surface area contributed by atoms with E-state index in [1.165, 1.54) is 41.5 Å². The van der Waals surface area contributed by atoms with Crippen molar-refractivity contribution >= 4 is 28.3 Å². The van der Waals surface area contributed by atoms with Crippen molar-refractivity contribution in [3.05, 3.63) is 22.4 Å². The topological polar surface area (TPSA) is 24.4 Å². The summed E-state index contributed by atoms with van der Waals surface area (Å²) in [5.41, 5.74) is 0.375. The number of hydrogen-bond acceptors (Lipinski definition) is 3. The first-order valence-electron chi connectivity index (χ1n) is 7.21. The summed E-state index contributed by atoms with van der Waals surface area (Å²) >= 11 is 3.75. The van der Waals surface area contributed by atoms with Gasteiger partial charge in [0.2, 0.25) is 0 Å². The fraction of sp³-hybridized carbons (Fsp3) is 0.667. The van der Waals surface area contributed by atoms with E-state index in [1.807, 2.05) is 23.1 Å². The molecule has 19 heavy (non-hydrogen) atoms. The first-order chi connectivity index (χ1) is 9.19. The van der Waals surface area contributed by atoms with Gasteiger partial charge in [-0.25, -0.2) is 0 Å². The van der Waals surface area contributed by atoms with Crippen LogP contribution >= 0.6 is 23.1 Å². The average Bonchev–Trinajstić information content (AvgIpc) is 3.10. The van der Waals surface area contributed by atoms with Crippen LogP contribution in [0.3, 0.4) is 0 Å². The number of thiophene rings is 1. The van der Waals surface area contributed by atoms with E-state index in [2.05, 4.69) is 36.7 Å². The van der Waals surface area contributed by atoms with E-state index in [1.54, 1.807) is 0 Å². The molecule has 0 amide bonds. The van der Waals surface area contributed by atoms with Crippen molar-refractivity contribution < 1.29 is 0 Å². The predicted molar refractivity (Wildman–Crippen MR) is 86.1 cm³/mol. The van der Waals surface area contributed by atoms with Crippen LogP contribution in [0.1, 0.15) is 50.4 Å². The molecule has 0 aromatic carbocycles. The van der Waals surface area contributed by atoms with Crippen LogP contribution in [-0.2, 0) is 0 Å². The highest BCUT2D eigenvalue weighted by Gasteiger charge is 2.39. The van der Waals surface area contributed by atoms with Crippen LogP contribution in [0.2, 0.25) is 0 Å². The number of amidine groups is 1. The third-order valence-corrected chi connectivity index (χ3v) is 6.26. The highest BCUT2D eigenvalue weighted by molar-refractivity contribution is 8.14. The molecule has 2 fully saturated rings. The number of hydrogen-bond donors (Lipinski definition) is 1. The predicted octanol–water partition coefficient (Wildman–Crippen LogP) is 4.45. The summed E-state index contributed by atoms with van der Waals surface area (Å²) in [6, 6.07) is 4.65. The molecule has 1 saturated heterocycles. The van der Waals surface area contributed by atoms with Gasteiger partial charge in [0.1, 0.15) is 0 Å². The molecule has 1 atom stereocenters. The molecule has 4 heteroatoms. The maximum Gasteiger partial charge on any atom is 0.157 e. The van der Waals surface area contributed by atoms with Gasteiger partial charge in [-0.2, -0.15) is 0 Å². The van der Waals surface area contributed by atoms with Crippen molar-refractivity contribution in [2.45, 2.75) is 51.1 Å². The number of aliphatic imine (C=N–C) groups is 1. The lowest BCUT2D eigenvalue weighted by Gasteiger charge is -2.22. The second kappa shape index (κ2) is 5.49. The van der Waals surface area contributed by atoms with E-state index in [4.69, 9.17) is 4.99 Å². The van der Waals surface area contributed by atoms with Crippen molar-refractivity contribution in [3.63, 3.8) is 0 Å². The number of thioether (sulfide) groups is 1. The first-order valence-corrected chi connectivity index (χ1v) is 9.07. The van der Waals surface area contributed by atoms with Gasteiger partial charge in [0, 0.05) is 16.2 Å². The van der Waals surface area contributed by atoms with E-state index < -0.39 is 0 Å². The van der Waals surface area contributed by atoms with Gasteiger partial charge in [0.05, 0.1) is 6.04 Å². The molecule has 0 radical (unpaired) electrons. The van der Waals surface area contributed by atoms with Crippen LogP contribution in [0.5, 0.6) is 0 Å². The fourth-order valence-electron chi connectivity index (χ4n) is 3.02. The summed E-state index contributed by atoms with van der Waals surface area (Å²) < 4.78 is 0. The van der Waals surface area contributed by atoms with Crippen molar-refractivity contribution in [3.8, 4) is 0 Å². The summed E-state index contributed by atoms with van der Waals surface area (Å²) in [6.07, 6.45) is 5.40. The van der Waals surface area contributed by atoms with Gasteiger partial charge in [-0.15, -0.1) is 11.3 Å². The quantitative estimate of drug-likeness (QED) is 0.890. The Kier molecular flexibility index (Phi) is 3.90. The van der Waals surface area contributed by atoms with Gasteiger partial charge < -0.3 is 5.32 Å². The maximum atomic E-state index is 5.02. The minimum atomic E-state index is 0.312. The molecule has 1 unspecified atom stereocenters. The molecular formula is C15H22N2S2. The third kappa shape index (κ3) is 2.84. The molecule has 1 aromatic heterocycles. The van der Waals surface area contributed by atoms with Crippen molar-refractivity contribution in [1.82, 2.24) is 5.32 Å². The Morgan fingerprint density at radius 2 is 2.11 bits per heavy atom.